The van der Waals surface area contributed by atoms with Gasteiger partial charge in [-0.15, -0.1) is 0 Å². The summed E-state index contributed by atoms with van der Waals surface area (Å²) in [5.41, 5.74) is 1.01. The van der Waals surface area contributed by atoms with Crippen LogP contribution in [0.15, 0.2) is 29.2 Å². The van der Waals surface area contributed by atoms with Crippen molar-refractivity contribution in [1.82, 2.24) is 4.90 Å². The van der Waals surface area contributed by atoms with E-state index in [1.807, 2.05) is 12.1 Å². The molecule has 1 fully saturated rings. The molecule has 1 aromatic rings. The first-order valence-electron chi connectivity index (χ1n) is 7.37. The summed E-state index contributed by atoms with van der Waals surface area (Å²) in [4.78, 5) is 2.86. The number of nitrogens with zero attached hydrogens (tertiary/aromatic N) is 1. The highest BCUT2D eigenvalue weighted by Gasteiger charge is 2.18. The number of rotatable bonds is 5. The largest absolute Gasteiger partial charge is 0.382 e. The molecule has 0 atom stereocenters. The Morgan fingerprint density at radius 2 is 1.75 bits per heavy atom. The van der Waals surface area contributed by atoms with E-state index in [1.165, 1.54) is 0 Å². The van der Waals surface area contributed by atoms with Crippen molar-refractivity contribution in [3.8, 4) is 0 Å². The third-order valence-electron chi connectivity index (χ3n) is 4.00. The van der Waals surface area contributed by atoms with Gasteiger partial charge < -0.3 is 10.2 Å². The summed E-state index contributed by atoms with van der Waals surface area (Å²) in [6.45, 7) is 7.26. The van der Waals surface area contributed by atoms with Crippen LogP contribution in [0.3, 0.4) is 0 Å². The number of hydrogen-bond acceptors (Lipinski definition) is 4. The fraction of sp³-hybridized carbons (Fsp3) is 0.600. The number of sulfone groups is 1. The molecule has 112 valence electrons. The van der Waals surface area contributed by atoms with Crippen molar-refractivity contribution >= 4 is 15.5 Å². The number of hydrogen-bond donors (Lipinski definition) is 1. The summed E-state index contributed by atoms with van der Waals surface area (Å²) >= 11 is 0. The molecule has 0 aromatic heterocycles. The summed E-state index contributed by atoms with van der Waals surface area (Å²) in [5, 5.41) is 3.50. The molecule has 0 aliphatic carbocycles. The zero-order chi connectivity index (χ0) is 14.6. The lowest BCUT2D eigenvalue weighted by molar-refractivity contribution is 0.229. The first-order valence-corrected chi connectivity index (χ1v) is 9.02. The van der Waals surface area contributed by atoms with Gasteiger partial charge in [0.05, 0.1) is 10.6 Å². The normalized spacial score (nSPS) is 18.1. The Kier molecular flexibility index (Phi) is 5.05. The summed E-state index contributed by atoms with van der Waals surface area (Å²) in [6, 6.07) is 7.63. The molecule has 0 spiro atoms. The zero-order valence-corrected chi connectivity index (χ0v) is 13.1. The van der Waals surface area contributed by atoms with Crippen molar-refractivity contribution in [2.24, 2.45) is 0 Å². The SMILES string of the molecule is CCN1CCC(Nc2ccc(S(=O)(=O)CC)cc2)CC1. The van der Waals surface area contributed by atoms with Crippen molar-refractivity contribution in [1.29, 1.82) is 0 Å². The average Bonchev–Trinajstić information content (AvgIpc) is 2.48. The molecule has 0 unspecified atom stereocenters. The van der Waals surface area contributed by atoms with E-state index in [0.717, 1.165) is 38.2 Å². The van der Waals surface area contributed by atoms with Crippen LogP contribution in [0.1, 0.15) is 26.7 Å². The number of nitrogens with one attached hydrogen (secondary N) is 1. The Morgan fingerprint density at radius 1 is 1.15 bits per heavy atom. The minimum atomic E-state index is -3.09. The number of benzene rings is 1. The van der Waals surface area contributed by atoms with Gasteiger partial charge in [0.2, 0.25) is 0 Å². The van der Waals surface area contributed by atoms with Gasteiger partial charge in [0.1, 0.15) is 0 Å². The number of piperidine rings is 1. The molecule has 0 bridgehead atoms. The molecule has 1 N–H and O–H groups in total. The van der Waals surface area contributed by atoms with Gasteiger partial charge in [0, 0.05) is 24.8 Å². The van der Waals surface area contributed by atoms with Crippen molar-refractivity contribution in [3.63, 3.8) is 0 Å². The fourth-order valence-electron chi connectivity index (χ4n) is 2.55. The summed E-state index contributed by atoms with van der Waals surface area (Å²) in [5.74, 6) is 0.148. The molecule has 0 radical (unpaired) electrons. The summed E-state index contributed by atoms with van der Waals surface area (Å²) in [7, 11) is -3.09. The van der Waals surface area contributed by atoms with Crippen LogP contribution in [0, 0.1) is 0 Å². The van der Waals surface area contributed by atoms with E-state index in [1.54, 1.807) is 19.1 Å². The molecule has 1 aliphatic heterocycles. The predicted molar refractivity (Wildman–Crippen MR) is 82.9 cm³/mol. The Morgan fingerprint density at radius 3 is 2.25 bits per heavy atom. The van der Waals surface area contributed by atoms with Crippen molar-refractivity contribution in [2.75, 3.05) is 30.7 Å². The summed E-state index contributed by atoms with van der Waals surface area (Å²) in [6.07, 6.45) is 2.28. The minimum absolute atomic E-state index is 0.148. The van der Waals surface area contributed by atoms with Crippen LogP contribution in [0.2, 0.25) is 0 Å². The van der Waals surface area contributed by atoms with Crippen LogP contribution in [0.25, 0.3) is 0 Å². The lowest BCUT2D eigenvalue weighted by Crippen LogP contribution is -2.38. The van der Waals surface area contributed by atoms with Crippen LogP contribution in [0.5, 0.6) is 0 Å². The van der Waals surface area contributed by atoms with E-state index in [2.05, 4.69) is 17.1 Å². The first-order chi connectivity index (χ1) is 9.55. The maximum atomic E-state index is 11.7. The van der Waals surface area contributed by atoms with Crippen LogP contribution >= 0.6 is 0 Å². The maximum absolute atomic E-state index is 11.7. The molecule has 4 nitrogen and oxygen atoms in total. The second-order valence-corrected chi connectivity index (χ2v) is 7.56. The first kappa shape index (κ1) is 15.3. The van der Waals surface area contributed by atoms with Gasteiger partial charge in [-0.2, -0.15) is 0 Å². The molecule has 20 heavy (non-hydrogen) atoms. The Balaban J connectivity index is 1.95. The van der Waals surface area contributed by atoms with E-state index >= 15 is 0 Å². The van der Waals surface area contributed by atoms with E-state index in [-0.39, 0.29) is 5.75 Å². The van der Waals surface area contributed by atoms with Crippen LogP contribution < -0.4 is 5.32 Å². The fourth-order valence-corrected chi connectivity index (χ4v) is 3.44. The Hall–Kier alpha value is -1.07. The molecule has 1 aromatic carbocycles. The highest BCUT2D eigenvalue weighted by Crippen LogP contribution is 2.19. The quantitative estimate of drug-likeness (QED) is 0.906. The van der Waals surface area contributed by atoms with Gasteiger partial charge in [-0.3, -0.25) is 0 Å². The molecule has 1 heterocycles. The molecule has 0 saturated carbocycles. The van der Waals surface area contributed by atoms with Crippen molar-refractivity contribution in [2.45, 2.75) is 37.6 Å². The Labute approximate surface area is 122 Å². The highest BCUT2D eigenvalue weighted by molar-refractivity contribution is 7.91. The minimum Gasteiger partial charge on any atom is -0.382 e. The van der Waals surface area contributed by atoms with E-state index in [9.17, 15) is 8.42 Å². The van der Waals surface area contributed by atoms with Crippen LogP contribution in [-0.2, 0) is 9.84 Å². The smallest absolute Gasteiger partial charge is 0.178 e. The monoisotopic (exact) mass is 296 g/mol. The van der Waals surface area contributed by atoms with E-state index in [0.29, 0.717) is 10.9 Å². The molecular formula is C15H24N2O2S. The third kappa shape index (κ3) is 3.73. The molecule has 1 aliphatic rings. The molecule has 5 heteroatoms. The highest BCUT2D eigenvalue weighted by atomic mass is 32.2. The lowest BCUT2D eigenvalue weighted by Gasteiger charge is -2.32. The molecule has 1 saturated heterocycles. The zero-order valence-electron chi connectivity index (χ0n) is 12.3. The second-order valence-electron chi connectivity index (χ2n) is 5.28. The van der Waals surface area contributed by atoms with Gasteiger partial charge in [0.15, 0.2) is 9.84 Å². The average molecular weight is 296 g/mol. The van der Waals surface area contributed by atoms with Gasteiger partial charge in [0.25, 0.3) is 0 Å². The molecule has 0 amide bonds. The molecular weight excluding hydrogens is 272 g/mol. The van der Waals surface area contributed by atoms with E-state index < -0.39 is 9.84 Å². The van der Waals surface area contributed by atoms with Crippen molar-refractivity contribution < 1.29 is 8.42 Å². The Bertz CT molecular complexity index is 517. The lowest BCUT2D eigenvalue weighted by atomic mass is 10.0. The van der Waals surface area contributed by atoms with Gasteiger partial charge in [-0.1, -0.05) is 13.8 Å². The van der Waals surface area contributed by atoms with Crippen LogP contribution in [0.4, 0.5) is 5.69 Å². The predicted octanol–water partition coefficient (Wildman–Crippen LogP) is 2.38. The second kappa shape index (κ2) is 6.59. The standard InChI is InChI=1S/C15H24N2O2S/c1-3-17-11-9-14(10-12-17)16-13-5-7-15(8-6-13)20(18,19)4-2/h5-8,14,16H,3-4,9-12H2,1-2H3. The van der Waals surface area contributed by atoms with E-state index in [4.69, 9.17) is 0 Å². The molecule has 2 rings (SSSR count). The summed E-state index contributed by atoms with van der Waals surface area (Å²) < 4.78 is 23.5. The topological polar surface area (TPSA) is 49.4 Å². The van der Waals surface area contributed by atoms with Crippen LogP contribution in [-0.4, -0.2) is 44.7 Å². The van der Waals surface area contributed by atoms with Gasteiger partial charge in [-0.05, 0) is 43.7 Å². The number of likely N-dealkylation sites (tertiary alicyclic amines) is 1. The van der Waals surface area contributed by atoms with Gasteiger partial charge in [-0.25, -0.2) is 8.42 Å². The third-order valence-corrected chi connectivity index (χ3v) is 5.75. The van der Waals surface area contributed by atoms with Gasteiger partial charge >= 0.3 is 0 Å². The van der Waals surface area contributed by atoms with Crippen molar-refractivity contribution in [3.05, 3.63) is 24.3 Å². The maximum Gasteiger partial charge on any atom is 0.178 e. The number of anilines is 1.